The van der Waals surface area contributed by atoms with Crippen molar-refractivity contribution >= 4 is 0 Å². The molecule has 0 aliphatic rings. The molecule has 1 heteroatoms. The van der Waals surface area contributed by atoms with Crippen LogP contribution in [-0.2, 0) is 0 Å². The summed E-state index contributed by atoms with van der Waals surface area (Å²) in [5.41, 5.74) is 0. The summed E-state index contributed by atoms with van der Waals surface area (Å²) in [7, 11) is 0. The van der Waals surface area contributed by atoms with E-state index in [1.54, 1.807) is 0 Å². The van der Waals surface area contributed by atoms with Crippen LogP contribution >= 0.6 is 0 Å². The van der Waals surface area contributed by atoms with Crippen molar-refractivity contribution in [2.75, 3.05) is 6.61 Å². The van der Waals surface area contributed by atoms with Crippen molar-refractivity contribution in [3.05, 3.63) is 24.3 Å². The maximum absolute atomic E-state index is 8.66. The van der Waals surface area contributed by atoms with Crippen molar-refractivity contribution in [1.82, 2.24) is 0 Å². The molecular formula is C18H34O. The zero-order valence-electron chi connectivity index (χ0n) is 12.9. The van der Waals surface area contributed by atoms with Gasteiger partial charge in [-0.3, -0.25) is 0 Å². The van der Waals surface area contributed by atoms with Crippen molar-refractivity contribution in [2.24, 2.45) is 0 Å². The minimum atomic E-state index is 0.358. The Labute approximate surface area is 120 Å². The van der Waals surface area contributed by atoms with Gasteiger partial charge < -0.3 is 5.11 Å². The largest absolute Gasteiger partial charge is 0.396 e. The van der Waals surface area contributed by atoms with Crippen LogP contribution in [0.3, 0.4) is 0 Å². The summed E-state index contributed by atoms with van der Waals surface area (Å²) >= 11 is 0. The predicted molar refractivity (Wildman–Crippen MR) is 86.4 cm³/mol. The summed E-state index contributed by atoms with van der Waals surface area (Å²) in [6.07, 6.45) is 24.2. The molecule has 0 fully saturated rings. The van der Waals surface area contributed by atoms with Gasteiger partial charge >= 0.3 is 0 Å². The second kappa shape index (κ2) is 17.4. The Balaban J connectivity index is 3.12. The molecule has 0 bridgehead atoms. The summed E-state index contributed by atoms with van der Waals surface area (Å²) in [5, 5.41) is 8.66. The van der Waals surface area contributed by atoms with E-state index < -0.39 is 0 Å². The van der Waals surface area contributed by atoms with E-state index in [0.717, 1.165) is 6.42 Å². The van der Waals surface area contributed by atoms with Gasteiger partial charge in [-0.15, -0.1) is 0 Å². The van der Waals surface area contributed by atoms with E-state index in [1.807, 2.05) is 0 Å². The lowest BCUT2D eigenvalue weighted by Crippen LogP contribution is -1.83. The molecule has 0 aromatic rings. The highest BCUT2D eigenvalue weighted by Gasteiger charge is 1.90. The molecule has 0 radical (unpaired) electrons. The predicted octanol–water partition coefficient (Wildman–Crippen LogP) is 5.79. The molecule has 0 saturated heterocycles. The van der Waals surface area contributed by atoms with Crippen LogP contribution in [0.25, 0.3) is 0 Å². The molecule has 0 aromatic carbocycles. The van der Waals surface area contributed by atoms with Crippen molar-refractivity contribution in [3.8, 4) is 0 Å². The maximum Gasteiger partial charge on any atom is 0.0431 e. The van der Waals surface area contributed by atoms with E-state index in [4.69, 9.17) is 5.11 Å². The normalized spacial score (nSPS) is 11.9. The third-order valence-electron chi connectivity index (χ3n) is 3.39. The first kappa shape index (κ1) is 18.4. The molecule has 0 aliphatic heterocycles. The molecule has 0 rings (SSSR count). The number of unbranched alkanes of at least 4 members (excludes halogenated alkanes) is 10. The Hall–Kier alpha value is -0.560. The number of hydrogen-bond acceptors (Lipinski definition) is 1. The van der Waals surface area contributed by atoms with Gasteiger partial charge in [0.1, 0.15) is 0 Å². The first-order valence-electron chi connectivity index (χ1n) is 8.34. The van der Waals surface area contributed by atoms with Crippen LogP contribution in [0, 0.1) is 0 Å². The smallest absolute Gasteiger partial charge is 0.0431 e. The van der Waals surface area contributed by atoms with E-state index in [0.29, 0.717) is 6.61 Å². The van der Waals surface area contributed by atoms with Gasteiger partial charge in [-0.25, -0.2) is 0 Å². The Morgan fingerprint density at radius 2 is 1.11 bits per heavy atom. The molecular weight excluding hydrogens is 232 g/mol. The first-order valence-corrected chi connectivity index (χ1v) is 8.34. The monoisotopic (exact) mass is 266 g/mol. The number of rotatable bonds is 14. The van der Waals surface area contributed by atoms with E-state index in [9.17, 15) is 0 Å². The van der Waals surface area contributed by atoms with Gasteiger partial charge in [0.15, 0.2) is 0 Å². The summed E-state index contributed by atoms with van der Waals surface area (Å²) < 4.78 is 0. The Morgan fingerprint density at radius 1 is 0.632 bits per heavy atom. The highest BCUT2D eigenvalue weighted by molar-refractivity contribution is 5.02. The Morgan fingerprint density at radius 3 is 1.63 bits per heavy atom. The molecule has 0 atom stereocenters. The van der Waals surface area contributed by atoms with Gasteiger partial charge in [-0.05, 0) is 32.1 Å². The Bertz CT molecular complexity index is 206. The zero-order chi connectivity index (χ0) is 14.0. The second-order valence-electron chi connectivity index (χ2n) is 5.34. The van der Waals surface area contributed by atoms with Gasteiger partial charge in [0, 0.05) is 6.61 Å². The molecule has 19 heavy (non-hydrogen) atoms. The van der Waals surface area contributed by atoms with Gasteiger partial charge in [-0.2, -0.15) is 0 Å². The molecule has 0 heterocycles. The van der Waals surface area contributed by atoms with E-state index >= 15 is 0 Å². The molecule has 0 spiro atoms. The summed E-state index contributed by atoms with van der Waals surface area (Å²) in [6.45, 7) is 2.60. The minimum Gasteiger partial charge on any atom is -0.396 e. The van der Waals surface area contributed by atoms with Crippen LogP contribution in [0.15, 0.2) is 24.3 Å². The molecule has 112 valence electrons. The van der Waals surface area contributed by atoms with Crippen LogP contribution in [0.5, 0.6) is 0 Å². The standard InChI is InChI=1S/C18H34O/c1-2-3-4-5-6-7-8-9-10-11-12-13-14-15-16-17-18-19/h6-9,19H,2-5,10-18H2,1H3/b7-6+,9-8-. The topological polar surface area (TPSA) is 20.2 Å². The van der Waals surface area contributed by atoms with Gasteiger partial charge in [0.05, 0.1) is 0 Å². The average Bonchev–Trinajstić information content (AvgIpc) is 2.43. The summed E-state index contributed by atoms with van der Waals surface area (Å²) in [5.74, 6) is 0. The van der Waals surface area contributed by atoms with Gasteiger partial charge in [-0.1, -0.05) is 76.2 Å². The van der Waals surface area contributed by atoms with Gasteiger partial charge in [0.2, 0.25) is 0 Å². The fraction of sp³-hybridized carbons (Fsp3) is 0.778. The van der Waals surface area contributed by atoms with Crippen LogP contribution in [0.4, 0.5) is 0 Å². The summed E-state index contributed by atoms with van der Waals surface area (Å²) in [6, 6.07) is 0. The third-order valence-corrected chi connectivity index (χ3v) is 3.39. The lowest BCUT2D eigenvalue weighted by Gasteiger charge is -1.99. The van der Waals surface area contributed by atoms with Crippen LogP contribution in [0.1, 0.15) is 84.0 Å². The van der Waals surface area contributed by atoms with E-state index in [1.165, 1.54) is 70.6 Å². The molecule has 0 amide bonds. The molecule has 0 aromatic heterocycles. The van der Waals surface area contributed by atoms with Crippen LogP contribution in [-0.4, -0.2) is 11.7 Å². The van der Waals surface area contributed by atoms with Crippen LogP contribution < -0.4 is 0 Å². The number of hydrogen-bond donors (Lipinski definition) is 1. The maximum atomic E-state index is 8.66. The first-order chi connectivity index (χ1) is 9.41. The van der Waals surface area contributed by atoms with Crippen molar-refractivity contribution in [3.63, 3.8) is 0 Å². The minimum absolute atomic E-state index is 0.358. The second-order valence-corrected chi connectivity index (χ2v) is 5.34. The number of allylic oxidation sites excluding steroid dienone is 4. The van der Waals surface area contributed by atoms with Crippen molar-refractivity contribution < 1.29 is 5.11 Å². The van der Waals surface area contributed by atoms with Crippen molar-refractivity contribution in [1.29, 1.82) is 0 Å². The van der Waals surface area contributed by atoms with Crippen molar-refractivity contribution in [2.45, 2.75) is 84.0 Å². The fourth-order valence-corrected chi connectivity index (χ4v) is 2.12. The van der Waals surface area contributed by atoms with E-state index in [2.05, 4.69) is 31.2 Å². The molecule has 0 aliphatic carbocycles. The summed E-state index contributed by atoms with van der Waals surface area (Å²) in [4.78, 5) is 0. The van der Waals surface area contributed by atoms with Crippen LogP contribution in [0.2, 0.25) is 0 Å². The molecule has 0 unspecified atom stereocenters. The van der Waals surface area contributed by atoms with Gasteiger partial charge in [0.25, 0.3) is 0 Å². The SMILES string of the molecule is CCCCC/C=C/C=C\CCCCCCCCCO. The highest BCUT2D eigenvalue weighted by atomic mass is 16.2. The number of aliphatic hydroxyl groups is 1. The average molecular weight is 266 g/mol. The molecule has 0 saturated carbocycles. The Kier molecular flexibility index (Phi) is 16.9. The lowest BCUT2D eigenvalue weighted by atomic mass is 10.1. The van der Waals surface area contributed by atoms with E-state index in [-0.39, 0.29) is 0 Å². The third kappa shape index (κ3) is 17.4. The highest BCUT2D eigenvalue weighted by Crippen LogP contribution is 2.08. The number of aliphatic hydroxyl groups excluding tert-OH is 1. The fourth-order valence-electron chi connectivity index (χ4n) is 2.12. The molecule has 1 N–H and O–H groups in total. The quantitative estimate of drug-likeness (QED) is 0.311. The molecule has 1 nitrogen and oxygen atoms in total. The lowest BCUT2D eigenvalue weighted by molar-refractivity contribution is 0.282. The zero-order valence-corrected chi connectivity index (χ0v) is 12.9.